The minimum absolute atomic E-state index is 0.0108. The van der Waals surface area contributed by atoms with Crippen molar-refractivity contribution >= 4 is 15.7 Å². The Hall–Kier alpha value is -3.01. The maximum atomic E-state index is 12.9. The third kappa shape index (κ3) is 3.74. The monoisotopic (exact) mass is 429 g/mol. The molecule has 0 aliphatic carbocycles. The largest absolute Gasteiger partial charge is 0.350 e. The van der Waals surface area contributed by atoms with Crippen molar-refractivity contribution in [3.63, 3.8) is 0 Å². The number of sulfone groups is 1. The highest BCUT2D eigenvalue weighted by atomic mass is 32.2. The van der Waals surface area contributed by atoms with Crippen LogP contribution in [-0.4, -0.2) is 58.5 Å². The quantitative estimate of drug-likeness (QED) is 0.625. The molecule has 1 aliphatic heterocycles. The first-order valence-electron chi connectivity index (χ1n) is 9.65. The first kappa shape index (κ1) is 20.3. The zero-order chi connectivity index (χ0) is 21.5. The number of pyridine rings is 1. The lowest BCUT2D eigenvalue weighted by molar-refractivity contribution is 0.0669. The Labute approximate surface area is 174 Å². The van der Waals surface area contributed by atoms with Crippen LogP contribution in [0.3, 0.4) is 0 Å². The number of likely N-dealkylation sites (tertiary alicyclic amines) is 1. The summed E-state index contributed by atoms with van der Waals surface area (Å²) in [5.41, 5.74) is 2.91. The van der Waals surface area contributed by atoms with Gasteiger partial charge in [0.1, 0.15) is 5.69 Å². The van der Waals surface area contributed by atoms with Gasteiger partial charge in [-0.25, -0.2) is 8.42 Å². The maximum absolute atomic E-state index is 12.9. The molecule has 0 unspecified atom stereocenters. The smallest absolute Gasteiger partial charge is 0.292 e. The highest BCUT2D eigenvalue weighted by Crippen LogP contribution is 2.31. The Balaban J connectivity index is 1.47. The van der Waals surface area contributed by atoms with E-state index in [0.29, 0.717) is 37.3 Å². The summed E-state index contributed by atoms with van der Waals surface area (Å²) in [5.74, 6) is -0.0530. The van der Waals surface area contributed by atoms with Crippen molar-refractivity contribution < 1.29 is 17.7 Å². The van der Waals surface area contributed by atoms with E-state index >= 15 is 0 Å². The van der Waals surface area contributed by atoms with E-state index < -0.39 is 9.84 Å². The second-order valence-corrected chi connectivity index (χ2v) is 9.55. The molecule has 0 aromatic carbocycles. The molecule has 158 valence electrons. The molecule has 0 spiro atoms. The number of amides is 1. The minimum Gasteiger partial charge on any atom is -0.350 e. The second kappa shape index (κ2) is 7.67. The van der Waals surface area contributed by atoms with Gasteiger partial charge in [-0.05, 0) is 31.9 Å². The van der Waals surface area contributed by atoms with E-state index in [1.165, 1.54) is 6.26 Å². The molecular formula is C20H23N5O4S. The van der Waals surface area contributed by atoms with Crippen LogP contribution >= 0.6 is 0 Å². The molecule has 1 amide bonds. The van der Waals surface area contributed by atoms with Crippen LogP contribution in [0.25, 0.3) is 11.3 Å². The average molecular weight is 430 g/mol. The summed E-state index contributed by atoms with van der Waals surface area (Å²) < 4.78 is 31.2. The number of aryl methyl sites for hydroxylation is 1. The number of carbonyl (C=O) groups is 1. The number of rotatable bonds is 4. The number of hydrogen-bond donors (Lipinski definition) is 0. The van der Waals surface area contributed by atoms with Gasteiger partial charge in [-0.2, -0.15) is 5.10 Å². The van der Waals surface area contributed by atoms with Crippen molar-refractivity contribution in [2.24, 2.45) is 7.05 Å². The summed E-state index contributed by atoms with van der Waals surface area (Å²) in [6.07, 6.45) is 5.76. The van der Waals surface area contributed by atoms with Gasteiger partial charge >= 0.3 is 0 Å². The van der Waals surface area contributed by atoms with Gasteiger partial charge in [0.25, 0.3) is 5.91 Å². The molecule has 10 heteroatoms. The lowest BCUT2D eigenvalue weighted by Crippen LogP contribution is -2.38. The summed E-state index contributed by atoms with van der Waals surface area (Å²) in [5, 5.41) is 8.21. The first-order valence-corrected chi connectivity index (χ1v) is 11.5. The summed E-state index contributed by atoms with van der Waals surface area (Å²) in [6.45, 7) is 2.90. The van der Waals surface area contributed by atoms with Gasteiger partial charge in [0.2, 0.25) is 5.76 Å². The normalized spacial score (nSPS) is 15.5. The van der Waals surface area contributed by atoms with Crippen molar-refractivity contribution in [2.45, 2.75) is 30.6 Å². The zero-order valence-electron chi connectivity index (χ0n) is 17.1. The van der Waals surface area contributed by atoms with E-state index in [-0.39, 0.29) is 22.5 Å². The number of piperidine rings is 1. The van der Waals surface area contributed by atoms with Crippen LogP contribution in [0.5, 0.6) is 0 Å². The molecule has 0 radical (unpaired) electrons. The summed E-state index contributed by atoms with van der Waals surface area (Å²) in [4.78, 5) is 19.2. The number of nitrogens with zero attached hydrogens (tertiary/aromatic N) is 5. The Morgan fingerprint density at radius 1 is 1.27 bits per heavy atom. The van der Waals surface area contributed by atoms with Crippen molar-refractivity contribution in [1.82, 2.24) is 24.8 Å². The van der Waals surface area contributed by atoms with Crippen molar-refractivity contribution in [1.29, 1.82) is 0 Å². The molecule has 4 rings (SSSR count). The van der Waals surface area contributed by atoms with Crippen LogP contribution < -0.4 is 0 Å². The van der Waals surface area contributed by atoms with Gasteiger partial charge in [0.15, 0.2) is 9.84 Å². The van der Waals surface area contributed by atoms with Gasteiger partial charge in [-0.15, -0.1) is 0 Å². The number of hydrogen-bond acceptors (Lipinski definition) is 7. The van der Waals surface area contributed by atoms with Gasteiger partial charge in [0, 0.05) is 55.8 Å². The number of aromatic nitrogens is 4. The molecular weight excluding hydrogens is 406 g/mol. The van der Waals surface area contributed by atoms with Gasteiger partial charge in [0.05, 0.1) is 16.8 Å². The third-order valence-corrected chi connectivity index (χ3v) is 6.74. The fourth-order valence-electron chi connectivity index (χ4n) is 3.79. The predicted molar refractivity (Wildman–Crippen MR) is 109 cm³/mol. The van der Waals surface area contributed by atoms with Crippen LogP contribution in [0, 0.1) is 6.92 Å². The summed E-state index contributed by atoms with van der Waals surface area (Å²) >= 11 is 0. The average Bonchev–Trinajstić information content (AvgIpc) is 3.34. The molecule has 0 saturated carbocycles. The van der Waals surface area contributed by atoms with Crippen LogP contribution in [-0.2, 0) is 16.9 Å². The van der Waals surface area contributed by atoms with Crippen molar-refractivity contribution in [2.75, 3.05) is 19.3 Å². The first-order chi connectivity index (χ1) is 14.3. The molecule has 0 bridgehead atoms. The Morgan fingerprint density at radius 3 is 2.63 bits per heavy atom. The lowest BCUT2D eigenvalue weighted by Gasteiger charge is -2.31. The van der Waals surface area contributed by atoms with E-state index in [4.69, 9.17) is 4.52 Å². The molecule has 30 heavy (non-hydrogen) atoms. The van der Waals surface area contributed by atoms with Crippen molar-refractivity contribution in [3.8, 4) is 11.3 Å². The Morgan fingerprint density at radius 2 is 2.00 bits per heavy atom. The van der Waals surface area contributed by atoms with E-state index in [0.717, 1.165) is 11.3 Å². The SMILES string of the molecule is Cc1c(-c2cc(C(=O)N3CCC(c4ncccc4S(C)(=O)=O)CC3)on2)cnn1C. The molecule has 1 aliphatic rings. The van der Waals surface area contributed by atoms with Crippen molar-refractivity contribution in [3.05, 3.63) is 47.7 Å². The third-order valence-electron chi connectivity index (χ3n) is 5.60. The van der Waals surface area contributed by atoms with Crippen LogP contribution in [0.2, 0.25) is 0 Å². The van der Waals surface area contributed by atoms with Crippen LogP contribution in [0.4, 0.5) is 0 Å². The van der Waals surface area contributed by atoms with E-state index in [9.17, 15) is 13.2 Å². The fourth-order valence-corrected chi connectivity index (χ4v) is 4.71. The highest BCUT2D eigenvalue weighted by Gasteiger charge is 2.30. The van der Waals surface area contributed by atoms with E-state index in [2.05, 4.69) is 15.2 Å². The highest BCUT2D eigenvalue weighted by molar-refractivity contribution is 7.90. The minimum atomic E-state index is -3.35. The molecule has 0 atom stereocenters. The maximum Gasteiger partial charge on any atom is 0.292 e. The van der Waals surface area contributed by atoms with Crippen LogP contribution in [0.1, 0.15) is 40.7 Å². The number of carbonyl (C=O) groups excluding carboxylic acids is 1. The van der Waals surface area contributed by atoms with Gasteiger partial charge < -0.3 is 9.42 Å². The van der Waals surface area contributed by atoms with Crippen LogP contribution in [0.15, 0.2) is 40.0 Å². The predicted octanol–water partition coefficient (Wildman–Crippen LogP) is 2.20. The lowest BCUT2D eigenvalue weighted by atomic mass is 9.93. The Bertz CT molecular complexity index is 1190. The molecule has 3 aromatic rings. The Kier molecular flexibility index (Phi) is 5.19. The zero-order valence-corrected chi connectivity index (χ0v) is 17.9. The standard InChI is InChI=1S/C20H23N5O4S/c1-13-15(12-22-24(13)2)16-11-17(29-23-16)20(26)25-9-6-14(7-10-25)19-18(30(3,27)28)5-4-8-21-19/h4-5,8,11-12,14H,6-7,9-10H2,1-3H3. The topological polar surface area (TPSA) is 111 Å². The van der Waals surface area contributed by atoms with E-state index in [1.807, 2.05) is 14.0 Å². The van der Waals surface area contributed by atoms with E-state index in [1.54, 1.807) is 40.2 Å². The summed E-state index contributed by atoms with van der Waals surface area (Å²) in [7, 11) is -1.52. The summed E-state index contributed by atoms with van der Waals surface area (Å²) in [6, 6.07) is 4.86. The second-order valence-electron chi connectivity index (χ2n) is 7.57. The molecule has 1 fully saturated rings. The van der Waals surface area contributed by atoms with Gasteiger partial charge in [-0.3, -0.25) is 14.5 Å². The molecule has 3 aromatic heterocycles. The molecule has 4 heterocycles. The fraction of sp³-hybridized carbons (Fsp3) is 0.400. The van der Waals surface area contributed by atoms with Gasteiger partial charge in [-0.1, -0.05) is 5.16 Å². The molecule has 0 N–H and O–H groups in total. The molecule has 9 nitrogen and oxygen atoms in total. The molecule has 1 saturated heterocycles.